The maximum absolute atomic E-state index is 12.2. The van der Waals surface area contributed by atoms with Gasteiger partial charge in [-0.25, -0.2) is 8.42 Å². The van der Waals surface area contributed by atoms with Crippen LogP contribution in [0.1, 0.15) is 31.7 Å². The lowest BCUT2D eigenvalue weighted by Gasteiger charge is -2.21. The highest BCUT2D eigenvalue weighted by atomic mass is 127. The van der Waals surface area contributed by atoms with Gasteiger partial charge in [0.25, 0.3) is 0 Å². The van der Waals surface area contributed by atoms with Crippen LogP contribution in [0.4, 0.5) is 0 Å². The Morgan fingerprint density at radius 1 is 1.27 bits per heavy atom. The Kier molecular flexibility index (Phi) is 13.4. The first-order chi connectivity index (χ1) is 12.0. The van der Waals surface area contributed by atoms with Crippen LogP contribution >= 0.6 is 24.0 Å². The summed E-state index contributed by atoms with van der Waals surface area (Å²) >= 11 is 0. The van der Waals surface area contributed by atoms with Gasteiger partial charge in [-0.3, -0.25) is 4.99 Å². The van der Waals surface area contributed by atoms with Crippen LogP contribution in [-0.4, -0.2) is 51.7 Å². The van der Waals surface area contributed by atoms with E-state index in [0.717, 1.165) is 37.5 Å². The lowest BCUT2D eigenvalue weighted by atomic mass is 10.2. The Balaban J connectivity index is 0.00000625. The van der Waals surface area contributed by atoms with Crippen LogP contribution in [0.5, 0.6) is 0 Å². The van der Waals surface area contributed by atoms with E-state index < -0.39 is 9.84 Å². The zero-order chi connectivity index (χ0) is 18.5. The van der Waals surface area contributed by atoms with Crippen LogP contribution in [0.15, 0.2) is 48.0 Å². The van der Waals surface area contributed by atoms with Crippen LogP contribution in [-0.2, 0) is 15.6 Å². The third kappa shape index (κ3) is 10.8. The van der Waals surface area contributed by atoms with Gasteiger partial charge in [-0.2, -0.15) is 0 Å². The number of halogens is 1. The van der Waals surface area contributed by atoms with Crippen molar-refractivity contribution >= 4 is 39.8 Å². The lowest BCUT2D eigenvalue weighted by molar-refractivity contribution is 0.470. The van der Waals surface area contributed by atoms with E-state index in [1.807, 2.05) is 50.4 Å². The van der Waals surface area contributed by atoms with Crippen molar-refractivity contribution in [2.24, 2.45) is 4.99 Å². The molecule has 26 heavy (non-hydrogen) atoms. The molecule has 0 aliphatic rings. The fourth-order valence-corrected chi connectivity index (χ4v) is 3.83. The maximum Gasteiger partial charge on any atom is 0.193 e. The molecule has 0 spiro atoms. The molecule has 0 atom stereocenters. The van der Waals surface area contributed by atoms with Crippen LogP contribution in [0.3, 0.4) is 0 Å². The van der Waals surface area contributed by atoms with E-state index in [1.54, 1.807) is 0 Å². The number of aliphatic imine (C=N–C) groups is 1. The molecular formula is C19H32IN3O2S. The SMILES string of the molecule is C=CCCCN(C)C(=NCCCS(=O)(=O)Cc1ccccc1)NCC.I. The fraction of sp³-hybridized carbons (Fsp3) is 0.526. The third-order valence-corrected chi connectivity index (χ3v) is 5.39. The van der Waals surface area contributed by atoms with Crippen LogP contribution in [0.2, 0.25) is 0 Å². The van der Waals surface area contributed by atoms with E-state index in [4.69, 9.17) is 0 Å². The molecule has 0 unspecified atom stereocenters. The molecule has 5 nitrogen and oxygen atoms in total. The summed E-state index contributed by atoms with van der Waals surface area (Å²) in [5.74, 6) is 1.08. The van der Waals surface area contributed by atoms with E-state index in [0.29, 0.717) is 13.0 Å². The molecule has 0 saturated heterocycles. The number of nitrogens with zero attached hydrogens (tertiary/aromatic N) is 2. The van der Waals surface area contributed by atoms with E-state index in [1.165, 1.54) is 0 Å². The summed E-state index contributed by atoms with van der Waals surface area (Å²) in [7, 11) is -1.10. The van der Waals surface area contributed by atoms with Crippen molar-refractivity contribution in [3.63, 3.8) is 0 Å². The summed E-state index contributed by atoms with van der Waals surface area (Å²) in [6.45, 7) is 7.94. The number of hydrogen-bond acceptors (Lipinski definition) is 3. The summed E-state index contributed by atoms with van der Waals surface area (Å²) < 4.78 is 24.4. The van der Waals surface area contributed by atoms with Gasteiger partial charge in [-0.05, 0) is 31.7 Å². The molecule has 0 aliphatic carbocycles. The zero-order valence-corrected chi connectivity index (χ0v) is 19.0. The van der Waals surface area contributed by atoms with Crippen molar-refractivity contribution < 1.29 is 8.42 Å². The third-order valence-electron chi connectivity index (χ3n) is 3.70. The van der Waals surface area contributed by atoms with Crippen molar-refractivity contribution in [1.29, 1.82) is 0 Å². The quantitative estimate of drug-likeness (QED) is 0.169. The fourth-order valence-electron chi connectivity index (χ4n) is 2.42. The van der Waals surface area contributed by atoms with E-state index in [-0.39, 0.29) is 35.5 Å². The van der Waals surface area contributed by atoms with Gasteiger partial charge in [0.2, 0.25) is 0 Å². The Hall–Kier alpha value is -1.09. The molecule has 1 aromatic carbocycles. The van der Waals surface area contributed by atoms with Crippen LogP contribution < -0.4 is 5.32 Å². The molecule has 0 fully saturated rings. The van der Waals surface area contributed by atoms with Gasteiger partial charge >= 0.3 is 0 Å². The Bertz CT molecular complexity index is 633. The molecule has 148 valence electrons. The molecule has 1 aromatic rings. The minimum atomic E-state index is -3.10. The number of guanidine groups is 1. The summed E-state index contributed by atoms with van der Waals surface area (Å²) in [5, 5.41) is 3.25. The second-order valence-electron chi connectivity index (χ2n) is 6.02. The number of nitrogens with one attached hydrogen (secondary N) is 1. The number of rotatable bonds is 11. The summed E-state index contributed by atoms with van der Waals surface area (Å²) in [4.78, 5) is 6.62. The van der Waals surface area contributed by atoms with Crippen LogP contribution in [0, 0.1) is 0 Å². The van der Waals surface area contributed by atoms with Crippen molar-refractivity contribution in [2.75, 3.05) is 32.4 Å². The minimum absolute atomic E-state index is 0. The van der Waals surface area contributed by atoms with Crippen molar-refractivity contribution in [3.05, 3.63) is 48.6 Å². The summed E-state index contributed by atoms with van der Waals surface area (Å²) in [6, 6.07) is 9.30. The molecule has 0 heterocycles. The van der Waals surface area contributed by atoms with Crippen molar-refractivity contribution in [1.82, 2.24) is 10.2 Å². The molecule has 1 rings (SSSR count). The highest BCUT2D eigenvalue weighted by molar-refractivity contribution is 14.0. The first-order valence-electron chi connectivity index (χ1n) is 8.83. The predicted molar refractivity (Wildman–Crippen MR) is 122 cm³/mol. The zero-order valence-electron chi connectivity index (χ0n) is 15.9. The van der Waals surface area contributed by atoms with Crippen LogP contribution in [0.25, 0.3) is 0 Å². The van der Waals surface area contributed by atoms with Gasteiger partial charge < -0.3 is 10.2 Å². The molecule has 7 heteroatoms. The highest BCUT2D eigenvalue weighted by Gasteiger charge is 2.11. The predicted octanol–water partition coefficient (Wildman–Crippen LogP) is 3.47. The Morgan fingerprint density at radius 2 is 1.96 bits per heavy atom. The normalized spacial score (nSPS) is 11.5. The van der Waals surface area contributed by atoms with E-state index in [9.17, 15) is 8.42 Å². The monoisotopic (exact) mass is 493 g/mol. The first kappa shape index (κ1) is 24.9. The topological polar surface area (TPSA) is 61.8 Å². The number of unbranched alkanes of at least 4 members (excludes halogenated alkanes) is 1. The standard InChI is InChI=1S/C19H31N3O2S.HI/c1-4-6-10-15-22(3)19(20-5-2)21-14-11-16-25(23,24)17-18-12-8-7-9-13-18;/h4,7-9,12-13H,1,5-6,10-11,14-17H2,2-3H3,(H,20,21);1H. The Labute approximate surface area is 175 Å². The van der Waals surface area contributed by atoms with Gasteiger partial charge in [-0.15, -0.1) is 30.6 Å². The highest BCUT2D eigenvalue weighted by Crippen LogP contribution is 2.07. The van der Waals surface area contributed by atoms with Crippen molar-refractivity contribution in [2.45, 2.75) is 31.9 Å². The largest absolute Gasteiger partial charge is 0.357 e. The second kappa shape index (κ2) is 14.0. The smallest absolute Gasteiger partial charge is 0.193 e. The molecule has 0 bridgehead atoms. The molecule has 0 saturated carbocycles. The van der Waals surface area contributed by atoms with Gasteiger partial charge in [0.1, 0.15) is 0 Å². The van der Waals surface area contributed by atoms with E-state index in [2.05, 4.69) is 21.8 Å². The van der Waals surface area contributed by atoms with Crippen molar-refractivity contribution in [3.8, 4) is 0 Å². The molecule has 0 radical (unpaired) electrons. The minimum Gasteiger partial charge on any atom is -0.357 e. The number of allylic oxidation sites excluding steroid dienone is 1. The van der Waals surface area contributed by atoms with Gasteiger partial charge in [-0.1, -0.05) is 36.4 Å². The number of benzene rings is 1. The second-order valence-corrected chi connectivity index (χ2v) is 8.20. The summed E-state index contributed by atoms with van der Waals surface area (Å²) in [6.07, 6.45) is 4.44. The molecule has 0 amide bonds. The summed E-state index contributed by atoms with van der Waals surface area (Å²) in [5.41, 5.74) is 0.835. The lowest BCUT2D eigenvalue weighted by Crippen LogP contribution is -2.39. The number of hydrogen-bond donors (Lipinski definition) is 1. The van der Waals surface area contributed by atoms with Gasteiger partial charge in [0.15, 0.2) is 15.8 Å². The van der Waals surface area contributed by atoms with E-state index >= 15 is 0 Å². The van der Waals surface area contributed by atoms with Gasteiger partial charge in [0.05, 0.1) is 11.5 Å². The van der Waals surface area contributed by atoms with Gasteiger partial charge in [0, 0.05) is 26.7 Å². The molecule has 0 aromatic heterocycles. The molecular weight excluding hydrogens is 461 g/mol. The average Bonchev–Trinajstić information content (AvgIpc) is 2.58. The maximum atomic E-state index is 12.2. The first-order valence-corrected chi connectivity index (χ1v) is 10.7. The molecule has 0 aliphatic heterocycles. The Morgan fingerprint density at radius 3 is 2.58 bits per heavy atom. The molecule has 1 N–H and O–H groups in total. The number of sulfone groups is 1. The average molecular weight is 493 g/mol.